The first-order valence-corrected chi connectivity index (χ1v) is 7.55. The van der Waals surface area contributed by atoms with Gasteiger partial charge in [-0.25, -0.2) is 12.7 Å². The summed E-state index contributed by atoms with van der Waals surface area (Å²) >= 11 is 0. The quantitative estimate of drug-likeness (QED) is 0.852. The van der Waals surface area contributed by atoms with Crippen LogP contribution in [0.3, 0.4) is 0 Å². The van der Waals surface area contributed by atoms with Crippen LogP contribution in [0.1, 0.15) is 18.4 Å². The summed E-state index contributed by atoms with van der Waals surface area (Å²) < 4.78 is 25.7. The van der Waals surface area contributed by atoms with Crippen LogP contribution in [0.5, 0.6) is 0 Å². The lowest BCUT2D eigenvalue weighted by Crippen LogP contribution is -2.29. The Morgan fingerprint density at radius 1 is 1.26 bits per heavy atom. The second-order valence-corrected chi connectivity index (χ2v) is 6.46. The topological polar surface area (TPSA) is 66.5 Å². The maximum absolute atomic E-state index is 12.2. The number of rotatable bonds is 6. The van der Waals surface area contributed by atoms with Gasteiger partial charge in [0.15, 0.2) is 0 Å². The molecule has 19 heavy (non-hydrogen) atoms. The number of benzene rings is 1. The van der Waals surface area contributed by atoms with Crippen molar-refractivity contribution < 1.29 is 13.2 Å². The van der Waals surface area contributed by atoms with Gasteiger partial charge in [-0.1, -0.05) is 17.7 Å². The first kappa shape index (κ1) is 15.7. The van der Waals surface area contributed by atoms with Crippen LogP contribution in [0.25, 0.3) is 0 Å². The fraction of sp³-hybridized carbons (Fsp3) is 0.462. The zero-order valence-electron chi connectivity index (χ0n) is 11.5. The molecule has 0 aliphatic rings. The molecule has 1 amide bonds. The maximum Gasteiger partial charge on any atom is 0.242 e. The van der Waals surface area contributed by atoms with Crippen molar-refractivity contribution in [1.82, 2.24) is 9.62 Å². The molecule has 0 radical (unpaired) electrons. The van der Waals surface area contributed by atoms with Crippen molar-refractivity contribution in [3.63, 3.8) is 0 Å². The molecule has 0 aliphatic carbocycles. The molecule has 0 fully saturated rings. The molecule has 5 nitrogen and oxygen atoms in total. The smallest absolute Gasteiger partial charge is 0.242 e. The van der Waals surface area contributed by atoms with E-state index in [1.54, 1.807) is 31.3 Å². The highest BCUT2D eigenvalue weighted by Gasteiger charge is 2.20. The van der Waals surface area contributed by atoms with E-state index >= 15 is 0 Å². The third kappa shape index (κ3) is 4.33. The van der Waals surface area contributed by atoms with Crippen molar-refractivity contribution in [1.29, 1.82) is 0 Å². The molecule has 0 heterocycles. The number of aryl methyl sites for hydroxylation is 1. The van der Waals surface area contributed by atoms with E-state index in [-0.39, 0.29) is 10.8 Å². The van der Waals surface area contributed by atoms with Crippen molar-refractivity contribution in [3.8, 4) is 0 Å². The van der Waals surface area contributed by atoms with Gasteiger partial charge in [0.05, 0.1) is 4.90 Å². The largest absolute Gasteiger partial charge is 0.359 e. The van der Waals surface area contributed by atoms with E-state index in [0.29, 0.717) is 19.4 Å². The Kier molecular flexibility index (Phi) is 5.50. The van der Waals surface area contributed by atoms with Crippen molar-refractivity contribution in [2.75, 3.05) is 20.6 Å². The normalized spacial score (nSPS) is 11.6. The second kappa shape index (κ2) is 6.68. The number of nitrogens with one attached hydrogen (secondary N) is 1. The van der Waals surface area contributed by atoms with Gasteiger partial charge in [-0.15, -0.1) is 0 Å². The van der Waals surface area contributed by atoms with Crippen LogP contribution in [0, 0.1) is 6.92 Å². The number of carbonyl (C=O) groups is 1. The van der Waals surface area contributed by atoms with E-state index in [1.165, 1.54) is 11.4 Å². The number of carbonyl (C=O) groups excluding carboxylic acids is 1. The minimum atomic E-state index is -3.46. The summed E-state index contributed by atoms with van der Waals surface area (Å²) in [5.74, 6) is -0.0823. The van der Waals surface area contributed by atoms with Gasteiger partial charge in [-0.05, 0) is 25.5 Å². The predicted molar refractivity (Wildman–Crippen MR) is 74.3 cm³/mol. The van der Waals surface area contributed by atoms with E-state index in [0.717, 1.165) is 5.56 Å². The minimum Gasteiger partial charge on any atom is -0.359 e. The molecule has 1 aromatic rings. The van der Waals surface area contributed by atoms with Crippen molar-refractivity contribution in [2.45, 2.75) is 24.7 Å². The molecule has 1 N–H and O–H groups in total. The third-order valence-electron chi connectivity index (χ3n) is 2.88. The molecule has 0 atom stereocenters. The molecule has 1 aromatic carbocycles. The van der Waals surface area contributed by atoms with Crippen LogP contribution in [0.2, 0.25) is 0 Å². The Morgan fingerprint density at radius 3 is 2.37 bits per heavy atom. The lowest BCUT2D eigenvalue weighted by atomic mass is 10.2. The van der Waals surface area contributed by atoms with Gasteiger partial charge in [0, 0.05) is 27.1 Å². The summed E-state index contributed by atoms with van der Waals surface area (Å²) in [6.07, 6.45) is 0.825. The average Bonchev–Trinajstić information content (AvgIpc) is 2.38. The average molecular weight is 284 g/mol. The second-order valence-electron chi connectivity index (χ2n) is 4.42. The summed E-state index contributed by atoms with van der Waals surface area (Å²) in [5.41, 5.74) is 1.02. The number of sulfonamides is 1. The van der Waals surface area contributed by atoms with E-state index in [9.17, 15) is 13.2 Å². The van der Waals surface area contributed by atoms with Crippen LogP contribution in [-0.2, 0) is 14.8 Å². The van der Waals surface area contributed by atoms with Crippen LogP contribution in [0.15, 0.2) is 29.2 Å². The van der Waals surface area contributed by atoms with Gasteiger partial charge in [-0.3, -0.25) is 4.79 Å². The van der Waals surface area contributed by atoms with Crippen LogP contribution >= 0.6 is 0 Å². The number of nitrogens with zero attached hydrogens (tertiary/aromatic N) is 1. The molecule has 6 heteroatoms. The van der Waals surface area contributed by atoms with E-state index in [4.69, 9.17) is 0 Å². The molecule has 0 unspecified atom stereocenters. The Hall–Kier alpha value is -1.40. The zero-order valence-corrected chi connectivity index (χ0v) is 12.3. The summed E-state index contributed by atoms with van der Waals surface area (Å²) in [6, 6.07) is 6.73. The summed E-state index contributed by atoms with van der Waals surface area (Å²) in [5, 5.41) is 2.51. The minimum absolute atomic E-state index is 0.0823. The third-order valence-corrected chi connectivity index (χ3v) is 4.76. The highest BCUT2D eigenvalue weighted by Crippen LogP contribution is 2.15. The standard InChI is InChI=1S/C13H20N2O3S/c1-11-6-8-12(9-7-11)19(17,18)15(3)10-4-5-13(16)14-2/h6-9H,4-5,10H2,1-3H3,(H,14,16). The molecule has 0 aromatic heterocycles. The van der Waals surface area contributed by atoms with Gasteiger partial charge in [0.25, 0.3) is 0 Å². The van der Waals surface area contributed by atoms with Gasteiger partial charge in [0.1, 0.15) is 0 Å². The highest BCUT2D eigenvalue weighted by molar-refractivity contribution is 7.89. The lowest BCUT2D eigenvalue weighted by Gasteiger charge is -2.17. The fourth-order valence-electron chi connectivity index (χ4n) is 1.60. The van der Waals surface area contributed by atoms with Crippen LogP contribution in [0.4, 0.5) is 0 Å². The van der Waals surface area contributed by atoms with E-state index in [2.05, 4.69) is 5.32 Å². The lowest BCUT2D eigenvalue weighted by molar-refractivity contribution is -0.120. The Balaban J connectivity index is 2.67. The summed E-state index contributed by atoms with van der Waals surface area (Å²) in [4.78, 5) is 11.3. The number of amides is 1. The van der Waals surface area contributed by atoms with Crippen LogP contribution in [-0.4, -0.2) is 39.3 Å². The van der Waals surface area contributed by atoms with Crippen molar-refractivity contribution >= 4 is 15.9 Å². The Labute approximate surface area is 114 Å². The van der Waals surface area contributed by atoms with E-state index < -0.39 is 10.0 Å². The van der Waals surface area contributed by atoms with Crippen molar-refractivity contribution in [3.05, 3.63) is 29.8 Å². The molecular weight excluding hydrogens is 264 g/mol. The number of hydrogen-bond donors (Lipinski definition) is 1. The fourth-order valence-corrected chi connectivity index (χ4v) is 2.81. The number of hydrogen-bond acceptors (Lipinski definition) is 3. The molecule has 0 saturated carbocycles. The molecule has 0 spiro atoms. The zero-order chi connectivity index (χ0) is 14.5. The van der Waals surface area contributed by atoms with Gasteiger partial charge < -0.3 is 5.32 Å². The maximum atomic E-state index is 12.2. The summed E-state index contributed by atoms with van der Waals surface area (Å²) in [6.45, 7) is 2.23. The molecular formula is C13H20N2O3S. The Bertz CT molecular complexity index is 523. The first-order valence-electron chi connectivity index (χ1n) is 6.11. The summed E-state index contributed by atoms with van der Waals surface area (Å²) in [7, 11) is -0.367. The highest BCUT2D eigenvalue weighted by atomic mass is 32.2. The first-order chi connectivity index (χ1) is 8.87. The SMILES string of the molecule is CNC(=O)CCCN(C)S(=O)(=O)c1ccc(C)cc1. The predicted octanol–water partition coefficient (Wildman–Crippen LogP) is 1.14. The van der Waals surface area contributed by atoms with Crippen LogP contribution < -0.4 is 5.32 Å². The molecule has 106 valence electrons. The van der Waals surface area contributed by atoms with E-state index in [1.807, 2.05) is 6.92 Å². The molecule has 0 saturated heterocycles. The molecule has 0 bridgehead atoms. The van der Waals surface area contributed by atoms with Gasteiger partial charge in [-0.2, -0.15) is 0 Å². The van der Waals surface area contributed by atoms with Gasteiger partial charge >= 0.3 is 0 Å². The van der Waals surface area contributed by atoms with Gasteiger partial charge in [0.2, 0.25) is 15.9 Å². The molecule has 1 rings (SSSR count). The Morgan fingerprint density at radius 2 is 1.84 bits per heavy atom. The molecule has 0 aliphatic heterocycles. The monoisotopic (exact) mass is 284 g/mol. The van der Waals surface area contributed by atoms with Crippen molar-refractivity contribution in [2.24, 2.45) is 0 Å².